The number of carbonyl (C=O) groups is 2. The maximum atomic E-state index is 12.2. The molecule has 0 saturated carbocycles. The molecule has 2 unspecified atom stereocenters. The monoisotopic (exact) mass is 276 g/mol. The Labute approximate surface area is 118 Å². The third kappa shape index (κ3) is 2.98. The van der Waals surface area contributed by atoms with Gasteiger partial charge in [0, 0.05) is 25.4 Å². The summed E-state index contributed by atoms with van der Waals surface area (Å²) in [4.78, 5) is 29.5. The zero-order valence-corrected chi connectivity index (χ0v) is 11.8. The minimum Gasteiger partial charge on any atom is -0.481 e. The predicted molar refractivity (Wildman–Crippen MR) is 73.9 cm³/mol. The highest BCUT2D eigenvalue weighted by atomic mass is 16.4. The van der Waals surface area contributed by atoms with Crippen molar-refractivity contribution in [2.45, 2.75) is 32.7 Å². The van der Waals surface area contributed by atoms with E-state index in [1.165, 1.54) is 0 Å². The number of pyridine rings is 1. The van der Waals surface area contributed by atoms with E-state index in [0.29, 0.717) is 25.3 Å². The highest BCUT2D eigenvalue weighted by molar-refractivity contribution is 5.81. The number of carbonyl (C=O) groups excluding carboxylic acids is 1. The first-order valence-electron chi connectivity index (χ1n) is 6.93. The van der Waals surface area contributed by atoms with Crippen molar-refractivity contribution < 1.29 is 14.7 Å². The average Bonchev–Trinajstić information content (AvgIpc) is 2.41. The highest BCUT2D eigenvalue weighted by Gasteiger charge is 2.40. The van der Waals surface area contributed by atoms with Gasteiger partial charge in [-0.1, -0.05) is 19.9 Å². The number of rotatable bonds is 4. The lowest BCUT2D eigenvalue weighted by Crippen LogP contribution is -2.46. The van der Waals surface area contributed by atoms with Crippen LogP contribution in [0.25, 0.3) is 0 Å². The predicted octanol–water partition coefficient (Wildman–Crippen LogP) is 2.10. The number of aliphatic carboxylic acids is 1. The Kier molecular flexibility index (Phi) is 4.37. The fraction of sp³-hybridized carbons (Fsp3) is 0.533. The molecule has 1 N–H and O–H groups in total. The molecule has 20 heavy (non-hydrogen) atoms. The number of aromatic nitrogens is 1. The Morgan fingerprint density at radius 3 is 2.85 bits per heavy atom. The lowest BCUT2D eigenvalue weighted by Gasteiger charge is -2.40. The van der Waals surface area contributed by atoms with E-state index in [2.05, 4.69) is 4.98 Å². The van der Waals surface area contributed by atoms with Gasteiger partial charge >= 0.3 is 5.97 Å². The first-order chi connectivity index (χ1) is 9.50. The molecule has 108 valence electrons. The van der Waals surface area contributed by atoms with Crippen LogP contribution in [0.3, 0.4) is 0 Å². The molecule has 0 spiro atoms. The molecule has 1 amide bonds. The van der Waals surface area contributed by atoms with Crippen LogP contribution in [0.2, 0.25) is 0 Å². The third-order valence-corrected chi connectivity index (χ3v) is 3.61. The molecule has 2 rings (SSSR count). The summed E-state index contributed by atoms with van der Waals surface area (Å²) in [5.74, 6) is -1.08. The molecule has 1 aliphatic heterocycles. The molecule has 0 aliphatic carbocycles. The Balaban J connectivity index is 2.39. The second-order valence-corrected chi connectivity index (χ2v) is 5.65. The maximum absolute atomic E-state index is 12.2. The van der Waals surface area contributed by atoms with Gasteiger partial charge in [-0.2, -0.15) is 0 Å². The summed E-state index contributed by atoms with van der Waals surface area (Å²) >= 11 is 0. The van der Waals surface area contributed by atoms with Crippen LogP contribution in [0.4, 0.5) is 0 Å². The molecule has 0 radical (unpaired) electrons. The number of carboxylic acid groups (broad SMARTS) is 1. The lowest BCUT2D eigenvalue weighted by atomic mass is 9.84. The molecule has 2 heterocycles. The van der Waals surface area contributed by atoms with Crippen molar-refractivity contribution in [2.75, 3.05) is 6.54 Å². The summed E-state index contributed by atoms with van der Waals surface area (Å²) in [6.45, 7) is 4.62. The zero-order valence-electron chi connectivity index (χ0n) is 11.8. The summed E-state index contributed by atoms with van der Waals surface area (Å²) in [6.07, 6.45) is 4.01. The number of amides is 1. The van der Waals surface area contributed by atoms with Gasteiger partial charge in [0.05, 0.1) is 12.0 Å². The van der Waals surface area contributed by atoms with Crippen molar-refractivity contribution in [1.29, 1.82) is 0 Å². The normalized spacial score (nSPS) is 23.1. The highest BCUT2D eigenvalue weighted by Crippen LogP contribution is 2.37. The molecule has 5 heteroatoms. The van der Waals surface area contributed by atoms with Crippen molar-refractivity contribution in [1.82, 2.24) is 9.88 Å². The third-order valence-electron chi connectivity index (χ3n) is 3.61. The van der Waals surface area contributed by atoms with Crippen molar-refractivity contribution in [3.05, 3.63) is 30.1 Å². The number of hydrogen-bond acceptors (Lipinski definition) is 3. The molecule has 0 aromatic carbocycles. The van der Waals surface area contributed by atoms with Crippen LogP contribution in [-0.2, 0) is 9.59 Å². The molecule has 1 aliphatic rings. The van der Waals surface area contributed by atoms with Crippen LogP contribution in [0.15, 0.2) is 24.5 Å². The van der Waals surface area contributed by atoms with Gasteiger partial charge < -0.3 is 10.0 Å². The molecule has 1 fully saturated rings. The van der Waals surface area contributed by atoms with E-state index in [9.17, 15) is 14.7 Å². The fourth-order valence-electron chi connectivity index (χ4n) is 2.78. The smallest absolute Gasteiger partial charge is 0.308 e. The van der Waals surface area contributed by atoms with Crippen LogP contribution in [0.1, 0.15) is 38.3 Å². The summed E-state index contributed by atoms with van der Waals surface area (Å²) < 4.78 is 0. The maximum Gasteiger partial charge on any atom is 0.308 e. The van der Waals surface area contributed by atoms with Crippen molar-refractivity contribution in [3.63, 3.8) is 0 Å². The molecular formula is C15H20N2O3. The second-order valence-electron chi connectivity index (χ2n) is 5.65. The summed E-state index contributed by atoms with van der Waals surface area (Å²) in [5.41, 5.74) is 0.800. The molecule has 5 nitrogen and oxygen atoms in total. The quantitative estimate of drug-likeness (QED) is 0.914. The number of nitrogens with zero attached hydrogens (tertiary/aromatic N) is 2. The van der Waals surface area contributed by atoms with Gasteiger partial charge in [0.2, 0.25) is 5.91 Å². The van der Waals surface area contributed by atoms with Crippen LogP contribution < -0.4 is 0 Å². The molecule has 1 saturated heterocycles. The van der Waals surface area contributed by atoms with Crippen LogP contribution >= 0.6 is 0 Å². The largest absolute Gasteiger partial charge is 0.481 e. The number of hydrogen-bond donors (Lipinski definition) is 1. The Bertz CT molecular complexity index is 487. The standard InChI is InChI=1S/C15H20N2O3/c1-10(2)9-17-13(18)6-5-12(15(19)20)14(17)11-4-3-7-16-8-11/h3-4,7-8,10,12,14H,5-6,9H2,1-2H3,(H,19,20). The number of likely N-dealkylation sites (tertiary alicyclic amines) is 1. The van der Waals surface area contributed by atoms with E-state index < -0.39 is 17.9 Å². The van der Waals surface area contributed by atoms with Gasteiger partial charge in [-0.05, 0) is 24.0 Å². The minimum atomic E-state index is -0.847. The van der Waals surface area contributed by atoms with Gasteiger partial charge in [0.15, 0.2) is 0 Å². The van der Waals surface area contributed by atoms with Gasteiger partial charge in [-0.25, -0.2) is 0 Å². The SMILES string of the molecule is CC(C)CN1C(=O)CCC(C(=O)O)C1c1cccnc1. The molecular weight excluding hydrogens is 256 g/mol. The van der Waals surface area contributed by atoms with Crippen molar-refractivity contribution in [3.8, 4) is 0 Å². The summed E-state index contributed by atoms with van der Waals surface area (Å²) in [7, 11) is 0. The minimum absolute atomic E-state index is 0.0325. The molecule has 2 atom stereocenters. The number of carboxylic acids is 1. The summed E-state index contributed by atoms with van der Waals surface area (Å²) in [6, 6.07) is 3.21. The zero-order chi connectivity index (χ0) is 14.7. The lowest BCUT2D eigenvalue weighted by molar-refractivity contribution is -0.152. The van der Waals surface area contributed by atoms with Crippen LogP contribution in [0.5, 0.6) is 0 Å². The molecule has 0 bridgehead atoms. The van der Waals surface area contributed by atoms with Gasteiger partial charge in [0.1, 0.15) is 0 Å². The van der Waals surface area contributed by atoms with E-state index in [0.717, 1.165) is 5.56 Å². The van der Waals surface area contributed by atoms with Crippen LogP contribution in [0, 0.1) is 11.8 Å². The van der Waals surface area contributed by atoms with Gasteiger partial charge in [-0.3, -0.25) is 14.6 Å². The first-order valence-corrected chi connectivity index (χ1v) is 6.93. The Morgan fingerprint density at radius 1 is 1.55 bits per heavy atom. The van der Waals surface area contributed by atoms with E-state index in [1.54, 1.807) is 23.4 Å². The number of piperidine rings is 1. The van der Waals surface area contributed by atoms with Crippen molar-refractivity contribution in [2.24, 2.45) is 11.8 Å². The van der Waals surface area contributed by atoms with Crippen molar-refractivity contribution >= 4 is 11.9 Å². The average molecular weight is 276 g/mol. The van der Waals surface area contributed by atoms with E-state index >= 15 is 0 Å². The first kappa shape index (κ1) is 14.5. The molecule has 1 aromatic rings. The van der Waals surface area contributed by atoms with E-state index in [-0.39, 0.29) is 5.91 Å². The second kappa shape index (κ2) is 6.03. The Hall–Kier alpha value is -1.91. The molecule has 1 aromatic heterocycles. The fourth-order valence-corrected chi connectivity index (χ4v) is 2.78. The Morgan fingerprint density at radius 2 is 2.30 bits per heavy atom. The van der Waals surface area contributed by atoms with Gasteiger partial charge in [0.25, 0.3) is 0 Å². The van der Waals surface area contributed by atoms with Gasteiger partial charge in [-0.15, -0.1) is 0 Å². The summed E-state index contributed by atoms with van der Waals surface area (Å²) in [5, 5.41) is 9.45. The topological polar surface area (TPSA) is 70.5 Å². The van der Waals surface area contributed by atoms with E-state index in [4.69, 9.17) is 0 Å². The van der Waals surface area contributed by atoms with Crippen LogP contribution in [-0.4, -0.2) is 33.4 Å². The van der Waals surface area contributed by atoms with E-state index in [1.807, 2.05) is 19.9 Å².